The van der Waals surface area contributed by atoms with E-state index in [1.54, 1.807) is 32.0 Å². The Labute approximate surface area is 97.4 Å². The van der Waals surface area contributed by atoms with E-state index in [9.17, 15) is 9.59 Å². The van der Waals surface area contributed by atoms with Crippen LogP contribution in [0.3, 0.4) is 0 Å². The number of aromatic amines is 1. The maximum absolute atomic E-state index is 11.5. The molecule has 1 aromatic heterocycles. The molecule has 5 heteroatoms. The smallest absolute Gasteiger partial charge is 0.338 e. The minimum Gasteiger partial charge on any atom is -0.462 e. The van der Waals surface area contributed by atoms with Crippen molar-refractivity contribution in [3.05, 3.63) is 39.8 Å². The molecule has 1 heterocycles. The van der Waals surface area contributed by atoms with E-state index in [4.69, 9.17) is 4.74 Å². The molecule has 1 N–H and O–H groups in total. The van der Waals surface area contributed by atoms with Gasteiger partial charge in [0, 0.05) is 0 Å². The summed E-state index contributed by atoms with van der Waals surface area (Å²) in [5, 5.41) is 0. The van der Waals surface area contributed by atoms with Gasteiger partial charge in [0.2, 0.25) is 0 Å². The second-order valence-electron chi connectivity index (χ2n) is 3.60. The van der Waals surface area contributed by atoms with E-state index in [0.717, 1.165) is 0 Å². The highest BCUT2D eigenvalue weighted by atomic mass is 16.5. The third-order valence-electron chi connectivity index (χ3n) is 2.37. The Morgan fingerprint density at radius 2 is 2.24 bits per heavy atom. The molecule has 0 aliphatic heterocycles. The van der Waals surface area contributed by atoms with E-state index in [1.165, 1.54) is 0 Å². The van der Waals surface area contributed by atoms with E-state index in [2.05, 4.69) is 9.97 Å². The van der Waals surface area contributed by atoms with Crippen molar-refractivity contribution in [2.75, 3.05) is 6.61 Å². The van der Waals surface area contributed by atoms with Gasteiger partial charge in [-0.3, -0.25) is 4.79 Å². The Hall–Kier alpha value is -2.17. The SMILES string of the molecule is CCOC(=O)c1ccc2nc(C)c(=O)[nH]c2c1. The van der Waals surface area contributed by atoms with Crippen molar-refractivity contribution >= 4 is 17.0 Å². The molecule has 2 rings (SSSR count). The number of hydrogen-bond donors (Lipinski definition) is 1. The molecule has 0 saturated carbocycles. The van der Waals surface area contributed by atoms with Crippen LogP contribution in [0.2, 0.25) is 0 Å². The number of aromatic nitrogens is 2. The third-order valence-corrected chi connectivity index (χ3v) is 2.37. The number of benzene rings is 1. The maximum Gasteiger partial charge on any atom is 0.338 e. The van der Waals surface area contributed by atoms with Crippen molar-refractivity contribution < 1.29 is 9.53 Å². The highest BCUT2D eigenvalue weighted by Crippen LogP contribution is 2.11. The first-order valence-corrected chi connectivity index (χ1v) is 5.29. The second-order valence-corrected chi connectivity index (χ2v) is 3.60. The van der Waals surface area contributed by atoms with Crippen LogP contribution in [0.15, 0.2) is 23.0 Å². The number of aryl methyl sites for hydroxylation is 1. The summed E-state index contributed by atoms with van der Waals surface area (Å²) in [7, 11) is 0. The predicted octanol–water partition coefficient (Wildman–Crippen LogP) is 1.41. The van der Waals surface area contributed by atoms with Gasteiger partial charge >= 0.3 is 5.97 Å². The average molecular weight is 232 g/mol. The van der Waals surface area contributed by atoms with E-state index in [-0.39, 0.29) is 5.56 Å². The van der Waals surface area contributed by atoms with Crippen molar-refractivity contribution in [3.63, 3.8) is 0 Å². The molecule has 0 unspecified atom stereocenters. The summed E-state index contributed by atoms with van der Waals surface area (Å²) in [6, 6.07) is 4.89. The molecule has 5 nitrogen and oxygen atoms in total. The molecule has 0 bridgehead atoms. The monoisotopic (exact) mass is 232 g/mol. The van der Waals surface area contributed by atoms with E-state index < -0.39 is 5.97 Å². The van der Waals surface area contributed by atoms with Gasteiger partial charge in [-0.2, -0.15) is 0 Å². The normalized spacial score (nSPS) is 10.5. The Kier molecular flexibility index (Phi) is 2.91. The summed E-state index contributed by atoms with van der Waals surface area (Å²) in [5.41, 5.74) is 1.74. The fraction of sp³-hybridized carbons (Fsp3) is 0.250. The van der Waals surface area contributed by atoms with E-state index >= 15 is 0 Å². The summed E-state index contributed by atoms with van der Waals surface area (Å²) in [5.74, 6) is -0.407. The molecule has 88 valence electrons. The first kappa shape index (κ1) is 11.3. The Morgan fingerprint density at radius 1 is 1.47 bits per heavy atom. The Morgan fingerprint density at radius 3 is 2.94 bits per heavy atom. The number of hydrogen-bond acceptors (Lipinski definition) is 4. The van der Waals surface area contributed by atoms with Gasteiger partial charge in [0.25, 0.3) is 5.56 Å². The van der Waals surface area contributed by atoms with Crippen LogP contribution in [-0.2, 0) is 4.74 Å². The quantitative estimate of drug-likeness (QED) is 0.794. The van der Waals surface area contributed by atoms with Crippen LogP contribution < -0.4 is 5.56 Å². The lowest BCUT2D eigenvalue weighted by Crippen LogP contribution is -2.12. The minimum atomic E-state index is -0.407. The molecule has 0 saturated heterocycles. The van der Waals surface area contributed by atoms with Crippen molar-refractivity contribution in [3.8, 4) is 0 Å². The topological polar surface area (TPSA) is 72.0 Å². The van der Waals surface area contributed by atoms with Gasteiger partial charge in [-0.05, 0) is 32.0 Å². The predicted molar refractivity (Wildman–Crippen MR) is 63.1 cm³/mol. The van der Waals surface area contributed by atoms with Crippen LogP contribution >= 0.6 is 0 Å². The summed E-state index contributed by atoms with van der Waals surface area (Å²) in [6.45, 7) is 3.70. The van der Waals surface area contributed by atoms with Crippen LogP contribution in [0.4, 0.5) is 0 Å². The number of carbonyl (C=O) groups excluding carboxylic acids is 1. The molecular weight excluding hydrogens is 220 g/mol. The maximum atomic E-state index is 11.5. The van der Waals surface area contributed by atoms with Crippen LogP contribution in [0.5, 0.6) is 0 Å². The average Bonchev–Trinajstić information content (AvgIpc) is 2.30. The molecule has 0 aliphatic rings. The highest BCUT2D eigenvalue weighted by Gasteiger charge is 2.08. The lowest BCUT2D eigenvalue weighted by Gasteiger charge is -2.03. The van der Waals surface area contributed by atoms with Gasteiger partial charge in [0.05, 0.1) is 23.2 Å². The first-order chi connectivity index (χ1) is 8.11. The first-order valence-electron chi connectivity index (χ1n) is 5.29. The van der Waals surface area contributed by atoms with Crippen molar-refractivity contribution in [2.45, 2.75) is 13.8 Å². The minimum absolute atomic E-state index is 0.251. The van der Waals surface area contributed by atoms with E-state index in [1.807, 2.05) is 0 Å². The van der Waals surface area contributed by atoms with Crippen molar-refractivity contribution in [2.24, 2.45) is 0 Å². The zero-order valence-electron chi connectivity index (χ0n) is 9.61. The molecule has 0 spiro atoms. The number of H-pyrrole nitrogens is 1. The summed E-state index contributed by atoms with van der Waals surface area (Å²) < 4.78 is 4.88. The lowest BCUT2D eigenvalue weighted by atomic mass is 10.2. The number of fused-ring (bicyclic) bond motifs is 1. The standard InChI is InChI=1S/C12H12N2O3/c1-3-17-12(16)8-4-5-9-10(6-8)14-11(15)7(2)13-9/h4-6H,3H2,1-2H3,(H,14,15). The van der Waals surface area contributed by atoms with Gasteiger partial charge < -0.3 is 9.72 Å². The van der Waals surface area contributed by atoms with Crippen molar-refractivity contribution in [1.82, 2.24) is 9.97 Å². The number of nitrogens with one attached hydrogen (secondary N) is 1. The fourth-order valence-electron chi connectivity index (χ4n) is 1.52. The van der Waals surface area contributed by atoms with Crippen molar-refractivity contribution in [1.29, 1.82) is 0 Å². The molecule has 0 atom stereocenters. The third kappa shape index (κ3) is 2.18. The van der Waals surface area contributed by atoms with Gasteiger partial charge in [-0.25, -0.2) is 9.78 Å². The lowest BCUT2D eigenvalue weighted by molar-refractivity contribution is 0.0526. The van der Waals surface area contributed by atoms with E-state index in [0.29, 0.717) is 28.9 Å². The Balaban J connectivity index is 2.54. The molecule has 2 aromatic rings. The molecule has 0 aliphatic carbocycles. The van der Waals surface area contributed by atoms with Crippen LogP contribution in [0, 0.1) is 6.92 Å². The Bertz CT molecular complexity index is 631. The molecular formula is C12H12N2O3. The molecule has 17 heavy (non-hydrogen) atoms. The highest BCUT2D eigenvalue weighted by molar-refractivity contribution is 5.93. The molecule has 0 amide bonds. The van der Waals surface area contributed by atoms with Crippen LogP contribution in [0.25, 0.3) is 11.0 Å². The summed E-state index contributed by atoms with van der Waals surface area (Å²) in [6.07, 6.45) is 0. The second kappa shape index (κ2) is 4.37. The number of esters is 1. The molecule has 0 radical (unpaired) electrons. The largest absolute Gasteiger partial charge is 0.462 e. The van der Waals surface area contributed by atoms with Crippen LogP contribution in [-0.4, -0.2) is 22.5 Å². The zero-order chi connectivity index (χ0) is 12.4. The van der Waals surface area contributed by atoms with Gasteiger partial charge in [-0.15, -0.1) is 0 Å². The number of rotatable bonds is 2. The van der Waals surface area contributed by atoms with Crippen LogP contribution in [0.1, 0.15) is 23.0 Å². The zero-order valence-corrected chi connectivity index (χ0v) is 9.61. The number of ether oxygens (including phenoxy) is 1. The number of nitrogens with zero attached hydrogens (tertiary/aromatic N) is 1. The van der Waals surface area contributed by atoms with Gasteiger partial charge in [-0.1, -0.05) is 0 Å². The number of carbonyl (C=O) groups is 1. The summed E-state index contributed by atoms with van der Waals surface area (Å²) in [4.78, 5) is 29.7. The molecule has 1 aromatic carbocycles. The van der Waals surface area contributed by atoms with Gasteiger partial charge in [0.1, 0.15) is 5.69 Å². The van der Waals surface area contributed by atoms with Gasteiger partial charge in [0.15, 0.2) is 0 Å². The molecule has 0 fully saturated rings. The fourth-order valence-corrected chi connectivity index (χ4v) is 1.52. The summed E-state index contributed by atoms with van der Waals surface area (Å²) >= 11 is 0.